The van der Waals surface area contributed by atoms with Gasteiger partial charge in [-0.1, -0.05) is 12.1 Å². The molecule has 1 aromatic heterocycles. The molecule has 1 fully saturated rings. The van der Waals surface area contributed by atoms with Gasteiger partial charge in [-0.25, -0.2) is 0 Å². The van der Waals surface area contributed by atoms with Crippen molar-refractivity contribution >= 4 is 0 Å². The van der Waals surface area contributed by atoms with Crippen LogP contribution in [-0.4, -0.2) is 55.6 Å². The number of aromatic amines is 1. The molecular weight excluding hydrogens is 406 g/mol. The Bertz CT molecular complexity index is 1020. The molecular formula is C25H31N3O4. The van der Waals surface area contributed by atoms with Crippen LogP contribution in [0.4, 0.5) is 0 Å². The molecule has 1 aliphatic heterocycles. The standard InChI is InChI=1S/C25H31N3O4/c1-17-6-5-7-21(12-17)32-20-8-10-28(11-9-20)16-19-15-26-27-24(19)18-13-22(29-2)25(31-4)23(14-18)30-3/h5-7,12-15,20H,8-11,16H2,1-4H3,(H,26,27). The van der Waals surface area contributed by atoms with E-state index in [1.54, 1.807) is 21.3 Å². The number of nitrogens with one attached hydrogen (secondary N) is 1. The molecule has 3 aromatic rings. The predicted molar refractivity (Wildman–Crippen MR) is 124 cm³/mol. The van der Waals surface area contributed by atoms with Gasteiger partial charge in [-0.15, -0.1) is 0 Å². The van der Waals surface area contributed by atoms with Crippen LogP contribution in [0.5, 0.6) is 23.0 Å². The number of ether oxygens (including phenoxy) is 4. The van der Waals surface area contributed by atoms with Crippen molar-refractivity contribution in [3.8, 4) is 34.3 Å². The lowest BCUT2D eigenvalue weighted by Crippen LogP contribution is -2.37. The molecule has 0 saturated carbocycles. The zero-order valence-electron chi connectivity index (χ0n) is 19.2. The average Bonchev–Trinajstić information content (AvgIpc) is 3.27. The summed E-state index contributed by atoms with van der Waals surface area (Å²) in [5.74, 6) is 2.78. The lowest BCUT2D eigenvalue weighted by Gasteiger charge is -2.32. The van der Waals surface area contributed by atoms with Crippen LogP contribution in [0.25, 0.3) is 11.3 Å². The second-order valence-electron chi connectivity index (χ2n) is 8.09. The molecule has 0 aliphatic carbocycles. The van der Waals surface area contributed by atoms with Gasteiger partial charge in [0.1, 0.15) is 11.9 Å². The molecule has 7 heteroatoms. The summed E-state index contributed by atoms with van der Waals surface area (Å²) in [5, 5.41) is 7.45. The summed E-state index contributed by atoms with van der Waals surface area (Å²) < 4.78 is 22.7. The summed E-state index contributed by atoms with van der Waals surface area (Å²) in [7, 11) is 4.85. The monoisotopic (exact) mass is 437 g/mol. The minimum Gasteiger partial charge on any atom is -0.493 e. The normalized spacial score (nSPS) is 14.9. The Hall–Kier alpha value is -3.19. The highest BCUT2D eigenvalue weighted by molar-refractivity contribution is 5.70. The van der Waals surface area contributed by atoms with Crippen molar-refractivity contribution in [3.05, 3.63) is 53.7 Å². The first-order valence-corrected chi connectivity index (χ1v) is 10.9. The number of nitrogens with zero attached hydrogens (tertiary/aromatic N) is 2. The van der Waals surface area contributed by atoms with Gasteiger partial charge in [0.15, 0.2) is 11.5 Å². The van der Waals surface area contributed by atoms with E-state index in [1.807, 2.05) is 30.5 Å². The van der Waals surface area contributed by atoms with Crippen molar-refractivity contribution in [3.63, 3.8) is 0 Å². The maximum absolute atomic E-state index is 6.20. The summed E-state index contributed by atoms with van der Waals surface area (Å²) >= 11 is 0. The van der Waals surface area contributed by atoms with Gasteiger partial charge in [0.05, 0.1) is 33.2 Å². The number of aromatic nitrogens is 2. The van der Waals surface area contributed by atoms with Crippen LogP contribution in [0.1, 0.15) is 24.0 Å². The van der Waals surface area contributed by atoms with E-state index in [0.29, 0.717) is 17.2 Å². The van der Waals surface area contributed by atoms with Crippen molar-refractivity contribution in [1.82, 2.24) is 15.1 Å². The summed E-state index contributed by atoms with van der Waals surface area (Å²) in [4.78, 5) is 2.45. The maximum Gasteiger partial charge on any atom is 0.203 e. The van der Waals surface area contributed by atoms with Crippen LogP contribution in [-0.2, 0) is 6.54 Å². The van der Waals surface area contributed by atoms with Crippen LogP contribution < -0.4 is 18.9 Å². The molecule has 4 rings (SSSR count). The minimum absolute atomic E-state index is 0.256. The fourth-order valence-corrected chi connectivity index (χ4v) is 4.21. The molecule has 2 heterocycles. The molecule has 0 spiro atoms. The molecule has 1 saturated heterocycles. The third-order valence-electron chi connectivity index (χ3n) is 5.89. The first kappa shape index (κ1) is 22.0. The Balaban J connectivity index is 1.43. The summed E-state index contributed by atoms with van der Waals surface area (Å²) in [6, 6.07) is 12.2. The predicted octanol–water partition coefficient (Wildman–Crippen LogP) is 4.45. The molecule has 0 radical (unpaired) electrons. The Kier molecular flexibility index (Phi) is 6.85. The zero-order chi connectivity index (χ0) is 22.5. The van der Waals surface area contributed by atoms with E-state index in [0.717, 1.165) is 55.0 Å². The van der Waals surface area contributed by atoms with Crippen LogP contribution in [0.3, 0.4) is 0 Å². The van der Waals surface area contributed by atoms with Crippen LogP contribution >= 0.6 is 0 Å². The molecule has 7 nitrogen and oxygen atoms in total. The fourth-order valence-electron chi connectivity index (χ4n) is 4.21. The molecule has 32 heavy (non-hydrogen) atoms. The average molecular weight is 438 g/mol. The molecule has 1 aliphatic rings. The zero-order valence-corrected chi connectivity index (χ0v) is 19.2. The Morgan fingerprint density at radius 2 is 1.72 bits per heavy atom. The van der Waals surface area contributed by atoms with Crippen molar-refractivity contribution < 1.29 is 18.9 Å². The van der Waals surface area contributed by atoms with Crippen LogP contribution in [0, 0.1) is 6.92 Å². The SMILES string of the molecule is COc1cc(-c2[nH]ncc2CN2CCC(Oc3cccc(C)c3)CC2)cc(OC)c1OC. The molecule has 0 amide bonds. The maximum atomic E-state index is 6.20. The van der Waals surface area contributed by atoms with Gasteiger partial charge in [-0.05, 0) is 49.6 Å². The van der Waals surface area contributed by atoms with Gasteiger partial charge >= 0.3 is 0 Å². The van der Waals surface area contributed by atoms with E-state index in [4.69, 9.17) is 18.9 Å². The Morgan fingerprint density at radius 3 is 2.34 bits per heavy atom. The highest BCUT2D eigenvalue weighted by Gasteiger charge is 2.23. The van der Waals surface area contributed by atoms with Crippen molar-refractivity contribution in [2.24, 2.45) is 0 Å². The van der Waals surface area contributed by atoms with Crippen molar-refractivity contribution in [2.75, 3.05) is 34.4 Å². The molecule has 2 aromatic carbocycles. The smallest absolute Gasteiger partial charge is 0.203 e. The number of likely N-dealkylation sites (tertiary alicyclic amines) is 1. The third-order valence-corrected chi connectivity index (χ3v) is 5.89. The number of benzene rings is 2. The molecule has 170 valence electrons. The number of aryl methyl sites for hydroxylation is 1. The number of methoxy groups -OCH3 is 3. The molecule has 1 N–H and O–H groups in total. The molecule has 0 atom stereocenters. The number of piperidine rings is 1. The van der Waals surface area contributed by atoms with Crippen LogP contribution in [0.2, 0.25) is 0 Å². The minimum atomic E-state index is 0.256. The van der Waals surface area contributed by atoms with Crippen molar-refractivity contribution in [1.29, 1.82) is 0 Å². The number of H-pyrrole nitrogens is 1. The summed E-state index contributed by atoms with van der Waals surface area (Å²) in [6.07, 6.45) is 4.16. The van der Waals surface area contributed by atoms with Gasteiger partial charge in [-0.3, -0.25) is 10.00 Å². The van der Waals surface area contributed by atoms with E-state index in [2.05, 4.69) is 34.2 Å². The summed E-state index contributed by atoms with van der Waals surface area (Å²) in [6.45, 7) is 4.87. The van der Waals surface area contributed by atoms with E-state index in [9.17, 15) is 0 Å². The van der Waals surface area contributed by atoms with E-state index in [1.165, 1.54) is 5.56 Å². The fraction of sp³-hybridized carbons (Fsp3) is 0.400. The first-order valence-electron chi connectivity index (χ1n) is 10.9. The van der Waals surface area contributed by atoms with Gasteiger partial charge in [0.2, 0.25) is 5.75 Å². The quantitative estimate of drug-likeness (QED) is 0.561. The van der Waals surface area contributed by atoms with Gasteiger partial charge in [-0.2, -0.15) is 5.10 Å². The topological polar surface area (TPSA) is 68.8 Å². The summed E-state index contributed by atoms with van der Waals surface area (Å²) in [5.41, 5.74) is 4.27. The number of rotatable bonds is 8. The number of hydrogen-bond acceptors (Lipinski definition) is 6. The Morgan fingerprint density at radius 1 is 1.00 bits per heavy atom. The molecule has 0 unspecified atom stereocenters. The third kappa shape index (κ3) is 4.83. The van der Waals surface area contributed by atoms with Gasteiger partial charge in [0, 0.05) is 30.8 Å². The molecule has 0 bridgehead atoms. The lowest BCUT2D eigenvalue weighted by atomic mass is 10.0. The Labute approximate surface area is 189 Å². The number of hydrogen-bond donors (Lipinski definition) is 1. The van der Waals surface area contributed by atoms with E-state index >= 15 is 0 Å². The van der Waals surface area contributed by atoms with Gasteiger partial charge in [0.25, 0.3) is 0 Å². The highest BCUT2D eigenvalue weighted by Crippen LogP contribution is 2.41. The highest BCUT2D eigenvalue weighted by atomic mass is 16.5. The van der Waals surface area contributed by atoms with Gasteiger partial charge < -0.3 is 18.9 Å². The second kappa shape index (κ2) is 9.96. The second-order valence-corrected chi connectivity index (χ2v) is 8.09. The van der Waals surface area contributed by atoms with E-state index < -0.39 is 0 Å². The first-order chi connectivity index (χ1) is 15.6. The van der Waals surface area contributed by atoms with Crippen molar-refractivity contribution in [2.45, 2.75) is 32.4 Å². The largest absolute Gasteiger partial charge is 0.493 e. The lowest BCUT2D eigenvalue weighted by molar-refractivity contribution is 0.0968. The van der Waals surface area contributed by atoms with Crippen LogP contribution in [0.15, 0.2) is 42.6 Å². The van der Waals surface area contributed by atoms with E-state index in [-0.39, 0.29) is 6.10 Å².